The molecular formula is C7H8N4O. The van der Waals surface area contributed by atoms with Gasteiger partial charge in [-0.1, -0.05) is 0 Å². The topological polar surface area (TPSA) is 66.0 Å². The average Bonchev–Trinajstić information content (AvgIpc) is 2.74. The molecule has 5 nitrogen and oxygen atoms in total. The van der Waals surface area contributed by atoms with Gasteiger partial charge in [0.1, 0.15) is 6.04 Å². The van der Waals surface area contributed by atoms with E-state index in [2.05, 4.69) is 16.6 Å². The van der Waals surface area contributed by atoms with E-state index in [1.165, 1.54) is 0 Å². The van der Waals surface area contributed by atoms with Gasteiger partial charge in [-0.2, -0.15) is 5.26 Å². The molecule has 1 saturated heterocycles. The van der Waals surface area contributed by atoms with Crippen molar-refractivity contribution in [2.24, 2.45) is 0 Å². The lowest BCUT2D eigenvalue weighted by Gasteiger charge is -2.13. The molecule has 12 heavy (non-hydrogen) atoms. The highest BCUT2D eigenvalue weighted by Crippen LogP contribution is 2.29. The quantitative estimate of drug-likeness (QED) is 0.571. The summed E-state index contributed by atoms with van der Waals surface area (Å²) in [6, 6.07) is 0.0602. The standard InChI is InChI=1S/C7H8N4O/c8-5-11-3-1-2-6(11)7-4-9-10-12-7/h4,6H,1-3H2. The second-order valence-electron chi connectivity index (χ2n) is 2.77. The van der Waals surface area contributed by atoms with Gasteiger partial charge in [-0.25, -0.2) is 0 Å². The molecule has 0 saturated carbocycles. The van der Waals surface area contributed by atoms with Gasteiger partial charge >= 0.3 is 0 Å². The van der Waals surface area contributed by atoms with E-state index in [0.29, 0.717) is 5.76 Å². The zero-order chi connectivity index (χ0) is 8.39. The van der Waals surface area contributed by atoms with E-state index in [4.69, 9.17) is 9.78 Å². The Kier molecular flexibility index (Phi) is 1.67. The highest BCUT2D eigenvalue weighted by atomic mass is 16.5. The van der Waals surface area contributed by atoms with Gasteiger partial charge in [-0.05, 0) is 12.8 Å². The molecule has 1 fully saturated rings. The molecule has 1 aromatic heterocycles. The maximum absolute atomic E-state index is 8.73. The first-order valence-electron chi connectivity index (χ1n) is 3.85. The van der Waals surface area contributed by atoms with Crippen molar-refractivity contribution < 1.29 is 4.52 Å². The fraction of sp³-hybridized carbons (Fsp3) is 0.571. The van der Waals surface area contributed by atoms with Gasteiger partial charge in [-0.15, -0.1) is 5.10 Å². The Hall–Kier alpha value is -1.57. The average molecular weight is 164 g/mol. The third-order valence-corrected chi connectivity index (χ3v) is 2.09. The number of rotatable bonds is 1. The van der Waals surface area contributed by atoms with Crippen molar-refractivity contribution in [3.05, 3.63) is 12.0 Å². The van der Waals surface area contributed by atoms with Gasteiger partial charge in [0.2, 0.25) is 0 Å². The molecule has 0 radical (unpaired) electrons. The van der Waals surface area contributed by atoms with Crippen molar-refractivity contribution in [1.29, 1.82) is 5.26 Å². The number of hydrogen-bond acceptors (Lipinski definition) is 5. The summed E-state index contributed by atoms with van der Waals surface area (Å²) in [5.41, 5.74) is 0. The molecule has 2 rings (SSSR count). The van der Waals surface area contributed by atoms with Crippen LogP contribution in [-0.2, 0) is 0 Å². The summed E-state index contributed by atoms with van der Waals surface area (Å²) in [5.74, 6) is 0.689. The predicted octanol–water partition coefficient (Wildman–Crippen LogP) is 0.688. The summed E-state index contributed by atoms with van der Waals surface area (Å²) in [7, 11) is 0. The zero-order valence-electron chi connectivity index (χ0n) is 6.47. The summed E-state index contributed by atoms with van der Waals surface area (Å²) in [5, 5.41) is 15.7. The Morgan fingerprint density at radius 2 is 2.67 bits per heavy atom. The van der Waals surface area contributed by atoms with Gasteiger partial charge < -0.3 is 4.52 Å². The van der Waals surface area contributed by atoms with E-state index < -0.39 is 0 Å². The smallest absolute Gasteiger partial charge is 0.180 e. The maximum atomic E-state index is 8.73. The van der Waals surface area contributed by atoms with E-state index in [0.717, 1.165) is 19.4 Å². The van der Waals surface area contributed by atoms with Gasteiger partial charge in [0.05, 0.1) is 6.20 Å². The summed E-state index contributed by atoms with van der Waals surface area (Å²) < 4.78 is 4.90. The fourth-order valence-electron chi connectivity index (χ4n) is 1.50. The molecule has 1 unspecified atom stereocenters. The molecule has 62 valence electrons. The van der Waals surface area contributed by atoms with Gasteiger partial charge in [0.25, 0.3) is 0 Å². The van der Waals surface area contributed by atoms with Crippen LogP contribution in [-0.4, -0.2) is 21.8 Å². The molecule has 0 amide bonds. The molecule has 0 aliphatic carbocycles. The molecule has 1 aromatic rings. The molecule has 5 heteroatoms. The molecule has 1 atom stereocenters. The van der Waals surface area contributed by atoms with Crippen LogP contribution >= 0.6 is 0 Å². The minimum absolute atomic E-state index is 0.0602. The van der Waals surface area contributed by atoms with Crippen molar-refractivity contribution in [2.45, 2.75) is 18.9 Å². The van der Waals surface area contributed by atoms with Gasteiger partial charge in [-0.3, -0.25) is 4.90 Å². The molecule has 0 aromatic carbocycles. The summed E-state index contributed by atoms with van der Waals surface area (Å²) in [6.07, 6.45) is 5.67. The molecule has 0 spiro atoms. The number of nitriles is 1. The Morgan fingerprint density at radius 3 is 3.33 bits per heavy atom. The van der Waals surface area contributed by atoms with Crippen molar-refractivity contribution >= 4 is 0 Å². The number of nitrogens with zero attached hydrogens (tertiary/aromatic N) is 4. The highest BCUT2D eigenvalue weighted by molar-refractivity contribution is 5.02. The van der Waals surface area contributed by atoms with Crippen LogP contribution in [0.25, 0.3) is 0 Å². The minimum atomic E-state index is 0.0602. The maximum Gasteiger partial charge on any atom is 0.180 e. The van der Waals surface area contributed by atoms with E-state index in [1.54, 1.807) is 11.1 Å². The first-order chi connectivity index (χ1) is 5.92. The molecule has 1 aliphatic heterocycles. The van der Waals surface area contributed by atoms with E-state index in [-0.39, 0.29) is 6.04 Å². The third-order valence-electron chi connectivity index (χ3n) is 2.09. The molecule has 0 bridgehead atoms. The molecule has 0 N–H and O–H groups in total. The van der Waals surface area contributed by atoms with Crippen LogP contribution in [0, 0.1) is 11.5 Å². The fourth-order valence-corrected chi connectivity index (χ4v) is 1.50. The van der Waals surface area contributed by atoms with Crippen LogP contribution in [0.3, 0.4) is 0 Å². The van der Waals surface area contributed by atoms with Crippen LogP contribution in [0.15, 0.2) is 10.7 Å². The Bertz CT molecular complexity index is 289. The number of hydrogen-bond donors (Lipinski definition) is 0. The van der Waals surface area contributed by atoms with E-state index in [1.807, 2.05) is 0 Å². The lowest BCUT2D eigenvalue weighted by Crippen LogP contribution is -2.16. The number of likely N-dealkylation sites (tertiary alicyclic amines) is 1. The van der Waals surface area contributed by atoms with Crippen LogP contribution in [0.2, 0.25) is 0 Å². The Morgan fingerprint density at radius 1 is 1.75 bits per heavy atom. The summed E-state index contributed by atoms with van der Waals surface area (Å²) in [6.45, 7) is 0.807. The second-order valence-corrected chi connectivity index (χ2v) is 2.77. The lowest BCUT2D eigenvalue weighted by atomic mass is 10.2. The molecular weight excluding hydrogens is 156 g/mol. The van der Waals surface area contributed by atoms with Crippen molar-refractivity contribution in [3.8, 4) is 6.19 Å². The third kappa shape index (κ3) is 1.01. The van der Waals surface area contributed by atoms with Crippen molar-refractivity contribution in [1.82, 2.24) is 15.3 Å². The first kappa shape index (κ1) is 7.10. The van der Waals surface area contributed by atoms with Gasteiger partial charge in [0, 0.05) is 11.8 Å². The Balaban J connectivity index is 2.20. The number of aromatic nitrogens is 2. The van der Waals surface area contributed by atoms with E-state index in [9.17, 15) is 0 Å². The molecule has 1 aliphatic rings. The zero-order valence-corrected chi connectivity index (χ0v) is 6.47. The predicted molar refractivity (Wildman–Crippen MR) is 38.6 cm³/mol. The van der Waals surface area contributed by atoms with Crippen LogP contribution in [0.4, 0.5) is 0 Å². The first-order valence-corrected chi connectivity index (χ1v) is 3.85. The van der Waals surface area contributed by atoms with Crippen LogP contribution in [0.5, 0.6) is 0 Å². The van der Waals surface area contributed by atoms with Gasteiger partial charge in [0.15, 0.2) is 12.0 Å². The van der Waals surface area contributed by atoms with Crippen LogP contribution < -0.4 is 0 Å². The highest BCUT2D eigenvalue weighted by Gasteiger charge is 2.27. The monoisotopic (exact) mass is 164 g/mol. The largest absolute Gasteiger partial charge is 0.340 e. The normalized spacial score (nSPS) is 22.6. The van der Waals surface area contributed by atoms with Crippen molar-refractivity contribution in [2.75, 3.05) is 6.54 Å². The molecule has 2 heterocycles. The van der Waals surface area contributed by atoms with Crippen LogP contribution in [0.1, 0.15) is 24.6 Å². The summed E-state index contributed by atoms with van der Waals surface area (Å²) in [4.78, 5) is 1.70. The second kappa shape index (κ2) is 2.81. The lowest BCUT2D eigenvalue weighted by molar-refractivity contribution is 0.276. The minimum Gasteiger partial charge on any atom is -0.340 e. The SMILES string of the molecule is N#CN1CCCC1c1cnno1. The summed E-state index contributed by atoms with van der Waals surface area (Å²) >= 11 is 0. The Labute approximate surface area is 69.6 Å². The van der Waals surface area contributed by atoms with E-state index >= 15 is 0 Å². The van der Waals surface area contributed by atoms with Crippen molar-refractivity contribution in [3.63, 3.8) is 0 Å².